The standard InChI is InChI=1S/C22H22ClN3O4S/c23-18-11-15-10-17(25-21(15)31-18)20(28)24-16(13-4-2-1-3-5-13)12-19(27)26-8-6-14(7-9-26)22(29)30/h1-5,10-11,14,16,25H,6-9,12H2,(H,24,28)(H,29,30)/t16-/m1/s1. The van der Waals surface area contributed by atoms with Crippen LogP contribution in [-0.4, -0.2) is 45.9 Å². The second-order valence-electron chi connectivity index (χ2n) is 7.65. The number of fused-ring (bicyclic) bond motifs is 1. The third-order valence-corrected chi connectivity index (χ3v) is 6.80. The average molecular weight is 460 g/mol. The van der Waals surface area contributed by atoms with Gasteiger partial charge in [0.05, 0.1) is 22.7 Å². The Morgan fingerprint density at radius 2 is 1.90 bits per heavy atom. The molecule has 1 atom stereocenters. The highest BCUT2D eigenvalue weighted by atomic mass is 35.5. The number of likely N-dealkylation sites (tertiary alicyclic amines) is 1. The molecule has 1 aliphatic heterocycles. The number of amides is 2. The average Bonchev–Trinajstić information content (AvgIpc) is 3.31. The number of aromatic amines is 1. The molecule has 1 fully saturated rings. The van der Waals surface area contributed by atoms with Gasteiger partial charge in [0.25, 0.3) is 5.91 Å². The van der Waals surface area contributed by atoms with Crippen LogP contribution in [0.2, 0.25) is 4.34 Å². The van der Waals surface area contributed by atoms with E-state index in [1.165, 1.54) is 11.3 Å². The quantitative estimate of drug-likeness (QED) is 0.517. The number of piperidine rings is 1. The Kier molecular flexibility index (Phi) is 6.29. The number of hydrogen-bond donors (Lipinski definition) is 3. The number of halogens is 1. The van der Waals surface area contributed by atoms with Crippen molar-refractivity contribution in [2.24, 2.45) is 5.92 Å². The number of thiophene rings is 1. The third kappa shape index (κ3) is 4.91. The Bertz CT molecular complexity index is 1070. The summed E-state index contributed by atoms with van der Waals surface area (Å²) in [6.45, 7) is 0.831. The van der Waals surface area contributed by atoms with E-state index in [9.17, 15) is 14.4 Å². The summed E-state index contributed by atoms with van der Waals surface area (Å²) in [6, 6.07) is 12.4. The van der Waals surface area contributed by atoms with Crippen LogP contribution in [0, 0.1) is 5.92 Å². The monoisotopic (exact) mass is 459 g/mol. The van der Waals surface area contributed by atoms with Crippen LogP contribution in [0.15, 0.2) is 42.5 Å². The Labute approximate surface area is 188 Å². The van der Waals surface area contributed by atoms with Crippen LogP contribution in [0.4, 0.5) is 0 Å². The van der Waals surface area contributed by atoms with Crippen molar-refractivity contribution >= 4 is 50.9 Å². The molecule has 3 aromatic rings. The van der Waals surface area contributed by atoms with E-state index in [1.54, 1.807) is 17.0 Å². The minimum atomic E-state index is -0.811. The SMILES string of the molecule is O=C(N[C@H](CC(=O)N1CCC(C(=O)O)CC1)c1ccccc1)c1cc2cc(Cl)sc2[nH]1. The molecule has 2 amide bonds. The van der Waals surface area contributed by atoms with Crippen molar-refractivity contribution in [2.75, 3.05) is 13.1 Å². The number of H-pyrrole nitrogens is 1. The molecule has 9 heteroatoms. The number of benzene rings is 1. The fraction of sp³-hybridized carbons (Fsp3) is 0.318. The summed E-state index contributed by atoms with van der Waals surface area (Å²) in [5, 5.41) is 13.0. The van der Waals surface area contributed by atoms with E-state index in [1.807, 2.05) is 30.3 Å². The molecule has 3 N–H and O–H groups in total. The minimum Gasteiger partial charge on any atom is -0.481 e. The lowest BCUT2D eigenvalue weighted by molar-refractivity contribution is -0.145. The van der Waals surface area contributed by atoms with Crippen LogP contribution in [0.5, 0.6) is 0 Å². The fourth-order valence-corrected chi connectivity index (χ4v) is 4.99. The summed E-state index contributed by atoms with van der Waals surface area (Å²) in [5.41, 5.74) is 1.25. The Balaban J connectivity index is 1.47. The molecule has 7 nitrogen and oxygen atoms in total. The largest absolute Gasteiger partial charge is 0.481 e. The van der Waals surface area contributed by atoms with Crippen molar-refractivity contribution in [3.63, 3.8) is 0 Å². The fourth-order valence-electron chi connectivity index (χ4n) is 3.87. The van der Waals surface area contributed by atoms with Crippen LogP contribution in [0.3, 0.4) is 0 Å². The first-order valence-electron chi connectivity index (χ1n) is 10.0. The van der Waals surface area contributed by atoms with Crippen molar-refractivity contribution in [1.29, 1.82) is 0 Å². The van der Waals surface area contributed by atoms with Crippen LogP contribution >= 0.6 is 22.9 Å². The van der Waals surface area contributed by atoms with E-state index in [-0.39, 0.29) is 18.2 Å². The predicted molar refractivity (Wildman–Crippen MR) is 119 cm³/mol. The molecule has 0 bridgehead atoms. The number of rotatable bonds is 6. The van der Waals surface area contributed by atoms with Crippen molar-refractivity contribution in [3.8, 4) is 0 Å². The molecule has 1 aromatic carbocycles. The lowest BCUT2D eigenvalue weighted by atomic mass is 9.96. The smallest absolute Gasteiger partial charge is 0.306 e. The summed E-state index contributed by atoms with van der Waals surface area (Å²) in [5.74, 6) is -1.61. The number of aliphatic carboxylic acids is 1. The first-order chi connectivity index (χ1) is 14.9. The second kappa shape index (κ2) is 9.11. The number of nitrogens with zero attached hydrogens (tertiary/aromatic N) is 1. The van der Waals surface area contributed by atoms with Gasteiger partial charge in [0.1, 0.15) is 10.5 Å². The van der Waals surface area contributed by atoms with Gasteiger partial charge in [-0.25, -0.2) is 0 Å². The lowest BCUT2D eigenvalue weighted by Gasteiger charge is -2.31. The van der Waals surface area contributed by atoms with E-state index in [0.29, 0.717) is 36.0 Å². The molecule has 162 valence electrons. The van der Waals surface area contributed by atoms with Crippen LogP contribution in [0.1, 0.15) is 41.4 Å². The zero-order chi connectivity index (χ0) is 22.0. The van der Waals surface area contributed by atoms with Gasteiger partial charge >= 0.3 is 5.97 Å². The van der Waals surface area contributed by atoms with Gasteiger partial charge in [-0.05, 0) is 30.5 Å². The number of hydrogen-bond acceptors (Lipinski definition) is 4. The van der Waals surface area contributed by atoms with Gasteiger partial charge in [-0.15, -0.1) is 11.3 Å². The summed E-state index contributed by atoms with van der Waals surface area (Å²) >= 11 is 7.37. The summed E-state index contributed by atoms with van der Waals surface area (Å²) < 4.78 is 0.646. The zero-order valence-corrected chi connectivity index (χ0v) is 18.2. The number of carbonyl (C=O) groups is 3. The molecule has 1 aliphatic rings. The number of carboxylic acid groups (broad SMARTS) is 1. The van der Waals surface area contributed by atoms with E-state index >= 15 is 0 Å². The Morgan fingerprint density at radius 3 is 2.55 bits per heavy atom. The topological polar surface area (TPSA) is 102 Å². The molecule has 0 unspecified atom stereocenters. The van der Waals surface area contributed by atoms with E-state index in [4.69, 9.17) is 16.7 Å². The van der Waals surface area contributed by atoms with E-state index < -0.39 is 17.9 Å². The van der Waals surface area contributed by atoms with Crippen LogP contribution in [-0.2, 0) is 9.59 Å². The molecular weight excluding hydrogens is 438 g/mol. The zero-order valence-electron chi connectivity index (χ0n) is 16.6. The number of nitrogens with one attached hydrogen (secondary N) is 2. The minimum absolute atomic E-state index is 0.0998. The molecule has 31 heavy (non-hydrogen) atoms. The maximum Gasteiger partial charge on any atom is 0.306 e. The molecule has 2 aromatic heterocycles. The third-order valence-electron chi connectivity index (χ3n) is 5.61. The van der Waals surface area contributed by atoms with Gasteiger partial charge < -0.3 is 20.3 Å². The van der Waals surface area contributed by atoms with Crippen molar-refractivity contribution < 1.29 is 19.5 Å². The van der Waals surface area contributed by atoms with Gasteiger partial charge in [0.15, 0.2) is 0 Å². The predicted octanol–water partition coefficient (Wildman–Crippen LogP) is 4.07. The Hall–Kier alpha value is -2.84. The van der Waals surface area contributed by atoms with Crippen molar-refractivity contribution in [3.05, 3.63) is 58.1 Å². The molecule has 0 spiro atoms. The van der Waals surface area contributed by atoms with Gasteiger partial charge in [0, 0.05) is 18.5 Å². The molecule has 4 rings (SSSR count). The van der Waals surface area contributed by atoms with E-state index in [0.717, 1.165) is 15.8 Å². The number of aromatic nitrogens is 1. The van der Waals surface area contributed by atoms with Gasteiger partial charge in [-0.3, -0.25) is 14.4 Å². The molecule has 1 saturated heterocycles. The number of carboxylic acids is 1. The number of carbonyl (C=O) groups excluding carboxylic acids is 2. The molecular formula is C22H22ClN3O4S. The van der Waals surface area contributed by atoms with Gasteiger partial charge in [-0.1, -0.05) is 41.9 Å². The van der Waals surface area contributed by atoms with Gasteiger partial charge in [0.2, 0.25) is 5.91 Å². The molecule has 0 aliphatic carbocycles. The highest BCUT2D eigenvalue weighted by molar-refractivity contribution is 7.22. The maximum absolute atomic E-state index is 12.9. The molecule has 3 heterocycles. The van der Waals surface area contributed by atoms with E-state index in [2.05, 4.69) is 10.3 Å². The highest BCUT2D eigenvalue weighted by Gasteiger charge is 2.29. The summed E-state index contributed by atoms with van der Waals surface area (Å²) in [7, 11) is 0. The Morgan fingerprint density at radius 1 is 1.19 bits per heavy atom. The van der Waals surface area contributed by atoms with Crippen LogP contribution in [0.25, 0.3) is 10.2 Å². The van der Waals surface area contributed by atoms with Crippen LogP contribution < -0.4 is 5.32 Å². The second-order valence-corrected chi connectivity index (χ2v) is 9.34. The first kappa shape index (κ1) is 21.4. The summed E-state index contributed by atoms with van der Waals surface area (Å²) in [6.07, 6.45) is 1.00. The molecule has 0 saturated carbocycles. The molecule has 0 radical (unpaired) electrons. The highest BCUT2D eigenvalue weighted by Crippen LogP contribution is 2.30. The normalized spacial score (nSPS) is 15.7. The van der Waals surface area contributed by atoms with Crippen molar-refractivity contribution in [1.82, 2.24) is 15.2 Å². The lowest BCUT2D eigenvalue weighted by Crippen LogP contribution is -2.42. The summed E-state index contributed by atoms with van der Waals surface area (Å²) in [4.78, 5) is 42.6. The first-order valence-corrected chi connectivity index (χ1v) is 11.2. The van der Waals surface area contributed by atoms with Crippen molar-refractivity contribution in [2.45, 2.75) is 25.3 Å². The van der Waals surface area contributed by atoms with Gasteiger partial charge in [-0.2, -0.15) is 0 Å². The maximum atomic E-state index is 12.9.